The third-order valence-electron chi connectivity index (χ3n) is 7.11. The highest BCUT2D eigenvalue weighted by Crippen LogP contribution is 2.38. The third kappa shape index (κ3) is 8.02. The zero-order chi connectivity index (χ0) is 29.7. The molecule has 1 aliphatic carbocycles. The number of rotatable bonds is 10. The Bertz CT molecular complexity index is 1370. The second kappa shape index (κ2) is 13.6. The van der Waals surface area contributed by atoms with Gasteiger partial charge in [-0.1, -0.05) is 41.9 Å². The molecule has 4 rings (SSSR count). The Hall–Kier alpha value is -2.63. The summed E-state index contributed by atoms with van der Waals surface area (Å²) in [5, 5.41) is 24.2. The van der Waals surface area contributed by atoms with Crippen LogP contribution in [0.3, 0.4) is 0 Å². The molecule has 0 atom stereocenters. The van der Waals surface area contributed by atoms with E-state index >= 15 is 0 Å². The molecule has 220 valence electrons. The van der Waals surface area contributed by atoms with Crippen LogP contribution in [-0.4, -0.2) is 64.8 Å². The van der Waals surface area contributed by atoms with E-state index in [0.717, 1.165) is 35.8 Å². The zero-order valence-electron chi connectivity index (χ0n) is 24.0. The van der Waals surface area contributed by atoms with Crippen LogP contribution < -0.4 is 15.5 Å². The first kappa shape index (κ1) is 31.3. The van der Waals surface area contributed by atoms with Gasteiger partial charge in [0, 0.05) is 34.3 Å². The van der Waals surface area contributed by atoms with E-state index in [1.165, 1.54) is 11.3 Å². The lowest BCUT2D eigenvalue weighted by Gasteiger charge is -2.37. The van der Waals surface area contributed by atoms with Gasteiger partial charge in [0.05, 0.1) is 18.2 Å². The molecule has 11 heteroatoms. The Balaban J connectivity index is 1.58. The Morgan fingerprint density at radius 3 is 2.46 bits per heavy atom. The molecule has 1 aromatic heterocycles. The lowest BCUT2D eigenvalue weighted by molar-refractivity contribution is -0.153. The molecule has 0 aliphatic heterocycles. The van der Waals surface area contributed by atoms with Gasteiger partial charge in [-0.15, -0.1) is 11.3 Å². The Morgan fingerprint density at radius 2 is 1.83 bits per heavy atom. The molecule has 41 heavy (non-hydrogen) atoms. The van der Waals surface area contributed by atoms with Crippen LogP contribution in [0.4, 0.5) is 0 Å². The van der Waals surface area contributed by atoms with E-state index in [1.807, 2.05) is 56.9 Å². The molecule has 0 unspecified atom stereocenters. The monoisotopic (exact) mass is 600 g/mol. The van der Waals surface area contributed by atoms with E-state index in [-0.39, 0.29) is 37.0 Å². The quantitative estimate of drug-likeness (QED) is 0.232. The van der Waals surface area contributed by atoms with E-state index in [1.54, 1.807) is 18.2 Å². The topological polar surface area (TPSA) is 108 Å². The number of nitrogens with zero attached hydrogens (tertiary/aromatic N) is 1. The lowest BCUT2D eigenvalue weighted by Crippen LogP contribution is -2.46. The standard InChI is InChI=1S/C30H38BClN2O6S/c1-5-39-24-15-10-20(31(37)38)16-19(24)18-34(29(36)28-27(32)23-8-6-7-9-25(23)41-28)22-13-11-21(12-14-22)33-17-26(35)40-30(2,3)4/h6-10,15-16,21-22,33,37-38H,5,11-14,17-18H2,1-4H3. The van der Waals surface area contributed by atoms with Crippen molar-refractivity contribution < 1.29 is 29.1 Å². The van der Waals surface area contributed by atoms with Gasteiger partial charge in [-0.25, -0.2) is 0 Å². The van der Waals surface area contributed by atoms with E-state index < -0.39 is 12.7 Å². The van der Waals surface area contributed by atoms with Crippen LogP contribution in [0.5, 0.6) is 5.75 Å². The van der Waals surface area contributed by atoms with Gasteiger partial charge < -0.3 is 29.7 Å². The van der Waals surface area contributed by atoms with Crippen LogP contribution in [0.2, 0.25) is 5.02 Å². The summed E-state index contributed by atoms with van der Waals surface area (Å²) < 4.78 is 12.2. The molecule has 1 aliphatic rings. The predicted molar refractivity (Wildman–Crippen MR) is 164 cm³/mol. The highest BCUT2D eigenvalue weighted by atomic mass is 35.5. The molecule has 1 amide bonds. The molecule has 8 nitrogen and oxygen atoms in total. The van der Waals surface area contributed by atoms with Crippen molar-refractivity contribution in [2.45, 2.75) is 77.6 Å². The van der Waals surface area contributed by atoms with Gasteiger partial charge in [-0.2, -0.15) is 0 Å². The summed E-state index contributed by atoms with van der Waals surface area (Å²) in [5.41, 5.74) is 0.480. The molecule has 0 bridgehead atoms. The average Bonchev–Trinajstić information content (AvgIpc) is 3.27. The summed E-state index contributed by atoms with van der Waals surface area (Å²) >= 11 is 8.12. The van der Waals surface area contributed by atoms with Gasteiger partial charge in [0.25, 0.3) is 5.91 Å². The minimum atomic E-state index is -1.64. The van der Waals surface area contributed by atoms with Crippen LogP contribution in [0, 0.1) is 0 Å². The molecule has 0 spiro atoms. The Morgan fingerprint density at radius 1 is 1.12 bits per heavy atom. The van der Waals surface area contributed by atoms with Crippen LogP contribution in [0.25, 0.3) is 10.1 Å². The fraction of sp³-hybridized carbons (Fsp3) is 0.467. The number of ether oxygens (including phenoxy) is 2. The SMILES string of the molecule is CCOc1ccc(B(O)O)cc1CN(C(=O)c1sc2ccccc2c1Cl)C1CCC(NCC(=O)OC(C)(C)C)CC1. The highest BCUT2D eigenvalue weighted by molar-refractivity contribution is 7.21. The summed E-state index contributed by atoms with van der Waals surface area (Å²) in [6, 6.07) is 12.7. The molecule has 1 saturated carbocycles. The maximum absolute atomic E-state index is 14.2. The maximum atomic E-state index is 14.2. The minimum Gasteiger partial charge on any atom is -0.494 e. The van der Waals surface area contributed by atoms with E-state index in [9.17, 15) is 19.6 Å². The molecule has 2 aromatic carbocycles. The first-order valence-corrected chi connectivity index (χ1v) is 15.2. The van der Waals surface area contributed by atoms with Gasteiger partial charge in [0.1, 0.15) is 16.2 Å². The van der Waals surface area contributed by atoms with Crippen molar-refractivity contribution in [1.82, 2.24) is 10.2 Å². The summed E-state index contributed by atoms with van der Waals surface area (Å²) in [7, 11) is -1.64. The van der Waals surface area contributed by atoms with Gasteiger partial charge in [-0.3, -0.25) is 9.59 Å². The molecule has 1 heterocycles. The van der Waals surface area contributed by atoms with Crippen molar-refractivity contribution in [2.24, 2.45) is 0 Å². The number of carbonyl (C=O) groups excluding carboxylic acids is 2. The maximum Gasteiger partial charge on any atom is 0.488 e. The van der Waals surface area contributed by atoms with Gasteiger partial charge in [0.15, 0.2) is 0 Å². The first-order chi connectivity index (χ1) is 19.5. The van der Waals surface area contributed by atoms with Crippen molar-refractivity contribution in [1.29, 1.82) is 0 Å². The summed E-state index contributed by atoms with van der Waals surface area (Å²) in [6.07, 6.45) is 3.02. The number of benzene rings is 2. The van der Waals surface area contributed by atoms with E-state index in [4.69, 9.17) is 21.1 Å². The lowest BCUT2D eigenvalue weighted by atomic mass is 9.79. The fourth-order valence-electron chi connectivity index (χ4n) is 5.21. The fourth-order valence-corrected chi connectivity index (χ4v) is 6.68. The predicted octanol–water partition coefficient (Wildman–Crippen LogP) is 4.52. The minimum absolute atomic E-state index is 0.0828. The van der Waals surface area contributed by atoms with E-state index in [0.29, 0.717) is 33.3 Å². The van der Waals surface area contributed by atoms with Crippen LogP contribution in [0.15, 0.2) is 42.5 Å². The third-order valence-corrected chi connectivity index (χ3v) is 8.77. The van der Waals surface area contributed by atoms with Gasteiger partial charge >= 0.3 is 13.1 Å². The Labute approximate surface area is 250 Å². The van der Waals surface area contributed by atoms with Crippen molar-refractivity contribution in [3.05, 3.63) is 57.9 Å². The molecule has 3 N–H and O–H groups in total. The number of thiophene rings is 1. The van der Waals surface area contributed by atoms with Crippen LogP contribution in [-0.2, 0) is 16.1 Å². The van der Waals surface area contributed by atoms with Crippen LogP contribution >= 0.6 is 22.9 Å². The number of fused-ring (bicyclic) bond motifs is 1. The summed E-state index contributed by atoms with van der Waals surface area (Å²) in [6.45, 7) is 8.21. The Kier molecular flexibility index (Phi) is 10.4. The van der Waals surface area contributed by atoms with Crippen molar-refractivity contribution in [3.8, 4) is 5.75 Å². The molecule has 1 fully saturated rings. The van der Waals surface area contributed by atoms with Gasteiger partial charge in [-0.05, 0) is 71.0 Å². The van der Waals surface area contributed by atoms with Gasteiger partial charge in [0.2, 0.25) is 0 Å². The number of hydrogen-bond donors (Lipinski definition) is 3. The molecule has 3 aromatic rings. The van der Waals surface area contributed by atoms with Crippen molar-refractivity contribution in [2.75, 3.05) is 13.2 Å². The van der Waals surface area contributed by atoms with Crippen molar-refractivity contribution >= 4 is 57.5 Å². The second-order valence-electron chi connectivity index (χ2n) is 11.3. The normalized spacial score (nSPS) is 17.3. The molecular formula is C30H38BClN2O6S. The number of nitrogens with one attached hydrogen (secondary N) is 1. The van der Waals surface area contributed by atoms with Crippen molar-refractivity contribution in [3.63, 3.8) is 0 Å². The van der Waals surface area contributed by atoms with Crippen LogP contribution in [0.1, 0.15) is 68.6 Å². The highest BCUT2D eigenvalue weighted by Gasteiger charge is 2.33. The molecule has 0 saturated heterocycles. The smallest absolute Gasteiger partial charge is 0.488 e. The molecule has 0 radical (unpaired) electrons. The number of carbonyl (C=O) groups is 2. The molecular weight excluding hydrogens is 563 g/mol. The largest absolute Gasteiger partial charge is 0.494 e. The first-order valence-electron chi connectivity index (χ1n) is 14.0. The number of halogens is 1. The van der Waals surface area contributed by atoms with E-state index in [2.05, 4.69) is 5.32 Å². The average molecular weight is 601 g/mol. The second-order valence-corrected chi connectivity index (χ2v) is 12.8. The summed E-state index contributed by atoms with van der Waals surface area (Å²) in [4.78, 5) is 28.7. The number of amides is 1. The number of hydrogen-bond acceptors (Lipinski definition) is 8. The number of esters is 1. The summed E-state index contributed by atoms with van der Waals surface area (Å²) in [5.74, 6) is 0.133. The zero-order valence-corrected chi connectivity index (χ0v) is 25.6.